The smallest absolute Gasteiger partial charge is 0.248 e. The maximum atomic E-state index is 12.6. The van der Waals surface area contributed by atoms with Crippen LogP contribution in [-0.4, -0.2) is 52.9 Å². The fraction of sp³-hybridized carbons (Fsp3) is 0.615. The number of hydrogen-bond acceptors (Lipinski definition) is 3. The summed E-state index contributed by atoms with van der Waals surface area (Å²) in [7, 11) is 0. The molecule has 2 rings (SSSR count). The van der Waals surface area contributed by atoms with Gasteiger partial charge in [0.15, 0.2) is 0 Å². The maximum Gasteiger partial charge on any atom is 0.248 e. The highest BCUT2D eigenvalue weighted by molar-refractivity contribution is 5.83. The third-order valence-corrected chi connectivity index (χ3v) is 3.31. The molecule has 18 heavy (non-hydrogen) atoms. The van der Waals surface area contributed by atoms with Crippen molar-refractivity contribution in [2.75, 3.05) is 26.3 Å². The van der Waals surface area contributed by atoms with Crippen LogP contribution in [0.1, 0.15) is 13.8 Å². The topological polar surface area (TPSA) is 54.7 Å². The minimum absolute atomic E-state index is 0.00301. The van der Waals surface area contributed by atoms with E-state index in [1.165, 1.54) is 0 Å². The summed E-state index contributed by atoms with van der Waals surface area (Å²) >= 11 is 0. The average molecular weight is 252 g/mol. The summed E-state index contributed by atoms with van der Waals surface area (Å²) in [5.41, 5.74) is -0.645. The van der Waals surface area contributed by atoms with E-state index in [4.69, 9.17) is 4.74 Å². The monoisotopic (exact) mass is 252 g/mol. The Hall–Kier alpha value is -1.33. The first-order chi connectivity index (χ1) is 8.51. The SMILES string of the molecule is CC(C)(C(=O)N1CCOCC(O)C1)n1cccc1. The number of aliphatic hydroxyl groups excluding tert-OH is 1. The summed E-state index contributed by atoms with van der Waals surface area (Å²) in [5.74, 6) is 0.00301. The minimum atomic E-state index is -0.645. The van der Waals surface area contributed by atoms with E-state index < -0.39 is 11.6 Å². The number of carbonyl (C=O) groups is 1. The fourth-order valence-electron chi connectivity index (χ4n) is 2.18. The molecule has 1 saturated heterocycles. The summed E-state index contributed by atoms with van der Waals surface area (Å²) in [6.45, 7) is 5.41. The van der Waals surface area contributed by atoms with Gasteiger partial charge in [0.2, 0.25) is 5.91 Å². The number of carbonyl (C=O) groups excluding carboxylic acids is 1. The minimum Gasteiger partial charge on any atom is -0.389 e. The molecule has 1 aliphatic rings. The van der Waals surface area contributed by atoms with Crippen molar-refractivity contribution < 1.29 is 14.6 Å². The van der Waals surface area contributed by atoms with E-state index >= 15 is 0 Å². The van der Waals surface area contributed by atoms with Gasteiger partial charge in [0.05, 0.1) is 19.3 Å². The highest BCUT2D eigenvalue weighted by Gasteiger charge is 2.34. The van der Waals surface area contributed by atoms with Gasteiger partial charge in [-0.05, 0) is 26.0 Å². The second-order valence-electron chi connectivity index (χ2n) is 5.13. The van der Waals surface area contributed by atoms with Gasteiger partial charge in [0.25, 0.3) is 0 Å². The number of hydrogen-bond donors (Lipinski definition) is 1. The molecule has 0 aromatic carbocycles. The molecule has 1 atom stereocenters. The molecule has 0 spiro atoms. The van der Waals surface area contributed by atoms with E-state index in [1.54, 1.807) is 4.90 Å². The number of amides is 1. The molecule has 1 amide bonds. The summed E-state index contributed by atoms with van der Waals surface area (Å²) in [6, 6.07) is 3.80. The van der Waals surface area contributed by atoms with Crippen LogP contribution >= 0.6 is 0 Å². The number of rotatable bonds is 2. The highest BCUT2D eigenvalue weighted by atomic mass is 16.5. The highest BCUT2D eigenvalue weighted by Crippen LogP contribution is 2.19. The molecular weight excluding hydrogens is 232 g/mol. The zero-order valence-electron chi connectivity index (χ0n) is 10.9. The molecule has 1 aromatic heterocycles. The van der Waals surface area contributed by atoms with Crippen LogP contribution in [0.25, 0.3) is 0 Å². The van der Waals surface area contributed by atoms with E-state index in [9.17, 15) is 9.90 Å². The van der Waals surface area contributed by atoms with Gasteiger partial charge in [-0.15, -0.1) is 0 Å². The maximum absolute atomic E-state index is 12.6. The standard InChI is InChI=1S/C13H20N2O3/c1-13(2,15-5-3-4-6-15)12(17)14-7-8-18-10-11(16)9-14/h3-6,11,16H,7-10H2,1-2H3. The molecule has 5 heteroatoms. The van der Waals surface area contributed by atoms with E-state index in [1.807, 2.05) is 42.9 Å². The second-order valence-corrected chi connectivity index (χ2v) is 5.13. The van der Waals surface area contributed by atoms with Crippen molar-refractivity contribution in [1.82, 2.24) is 9.47 Å². The van der Waals surface area contributed by atoms with Gasteiger partial charge >= 0.3 is 0 Å². The largest absolute Gasteiger partial charge is 0.389 e. The van der Waals surface area contributed by atoms with Crippen LogP contribution in [0.3, 0.4) is 0 Å². The lowest BCUT2D eigenvalue weighted by Gasteiger charge is -2.32. The predicted molar refractivity (Wildman–Crippen MR) is 67.2 cm³/mol. The molecule has 5 nitrogen and oxygen atoms in total. The van der Waals surface area contributed by atoms with Gasteiger partial charge in [-0.2, -0.15) is 0 Å². The molecule has 2 heterocycles. The third-order valence-electron chi connectivity index (χ3n) is 3.31. The summed E-state index contributed by atoms with van der Waals surface area (Å²) in [5, 5.41) is 9.68. The Morgan fingerprint density at radius 1 is 1.39 bits per heavy atom. The van der Waals surface area contributed by atoms with Gasteiger partial charge in [-0.3, -0.25) is 4.79 Å². The molecule has 100 valence electrons. The molecule has 0 saturated carbocycles. The predicted octanol–water partition coefficient (Wildman–Crippen LogP) is 0.443. The van der Waals surface area contributed by atoms with E-state index in [-0.39, 0.29) is 5.91 Å². The quantitative estimate of drug-likeness (QED) is 0.831. The first kappa shape index (κ1) is 13.1. The average Bonchev–Trinajstić information content (AvgIpc) is 2.79. The van der Waals surface area contributed by atoms with Crippen molar-refractivity contribution in [1.29, 1.82) is 0 Å². The first-order valence-corrected chi connectivity index (χ1v) is 6.20. The van der Waals surface area contributed by atoms with Crippen molar-refractivity contribution >= 4 is 5.91 Å². The molecular formula is C13H20N2O3. The van der Waals surface area contributed by atoms with Crippen LogP contribution < -0.4 is 0 Å². The van der Waals surface area contributed by atoms with Gasteiger partial charge in [0.1, 0.15) is 5.54 Å². The van der Waals surface area contributed by atoms with E-state index in [2.05, 4.69) is 0 Å². The number of aliphatic hydroxyl groups is 1. The Labute approximate surface area is 107 Å². The number of nitrogens with zero attached hydrogens (tertiary/aromatic N) is 2. The molecule has 1 unspecified atom stereocenters. The summed E-state index contributed by atoms with van der Waals surface area (Å²) in [4.78, 5) is 14.2. The van der Waals surface area contributed by atoms with Gasteiger partial charge in [0, 0.05) is 25.5 Å². The Morgan fingerprint density at radius 3 is 2.72 bits per heavy atom. The van der Waals surface area contributed by atoms with Crippen molar-refractivity contribution in [3.05, 3.63) is 24.5 Å². The Balaban J connectivity index is 2.14. The molecule has 0 aliphatic carbocycles. The van der Waals surface area contributed by atoms with Gasteiger partial charge in [-0.25, -0.2) is 0 Å². The van der Waals surface area contributed by atoms with Crippen molar-refractivity contribution in [3.8, 4) is 0 Å². The molecule has 1 aliphatic heterocycles. The molecule has 1 N–H and O–H groups in total. The Bertz CT molecular complexity index is 400. The molecule has 0 bridgehead atoms. The van der Waals surface area contributed by atoms with Crippen LogP contribution in [0.15, 0.2) is 24.5 Å². The summed E-state index contributed by atoms with van der Waals surface area (Å²) in [6.07, 6.45) is 3.16. The first-order valence-electron chi connectivity index (χ1n) is 6.20. The number of aromatic nitrogens is 1. The summed E-state index contributed by atoms with van der Waals surface area (Å²) < 4.78 is 7.12. The van der Waals surface area contributed by atoms with Crippen LogP contribution in [0.4, 0.5) is 0 Å². The van der Waals surface area contributed by atoms with Gasteiger partial charge < -0.3 is 19.3 Å². The van der Waals surface area contributed by atoms with Crippen LogP contribution in [-0.2, 0) is 15.1 Å². The zero-order valence-corrected chi connectivity index (χ0v) is 10.9. The Kier molecular flexibility index (Phi) is 3.73. The zero-order chi connectivity index (χ0) is 13.2. The normalized spacial score (nSPS) is 21.7. The number of ether oxygens (including phenoxy) is 1. The fourth-order valence-corrected chi connectivity index (χ4v) is 2.18. The van der Waals surface area contributed by atoms with Crippen LogP contribution in [0, 0.1) is 0 Å². The lowest BCUT2D eigenvalue weighted by Crippen LogP contribution is -2.49. The molecule has 1 aromatic rings. The molecule has 0 radical (unpaired) electrons. The van der Waals surface area contributed by atoms with Crippen molar-refractivity contribution in [2.45, 2.75) is 25.5 Å². The third kappa shape index (κ3) is 2.57. The lowest BCUT2D eigenvalue weighted by atomic mass is 10.0. The number of β-amino-alcohol motifs (C(OH)–C–C–N with tert-alkyl or cyclic N) is 1. The van der Waals surface area contributed by atoms with Crippen molar-refractivity contribution in [3.63, 3.8) is 0 Å². The van der Waals surface area contributed by atoms with E-state index in [0.29, 0.717) is 26.3 Å². The second kappa shape index (κ2) is 5.12. The van der Waals surface area contributed by atoms with Crippen molar-refractivity contribution in [2.24, 2.45) is 0 Å². The van der Waals surface area contributed by atoms with E-state index in [0.717, 1.165) is 0 Å². The van der Waals surface area contributed by atoms with Crippen LogP contribution in [0.5, 0.6) is 0 Å². The molecule has 1 fully saturated rings. The van der Waals surface area contributed by atoms with Gasteiger partial charge in [-0.1, -0.05) is 0 Å². The lowest BCUT2D eigenvalue weighted by molar-refractivity contribution is -0.140. The Morgan fingerprint density at radius 2 is 2.06 bits per heavy atom. The van der Waals surface area contributed by atoms with Crippen LogP contribution in [0.2, 0.25) is 0 Å².